The number of nitrogen functional groups attached to an aromatic ring is 1. The van der Waals surface area contributed by atoms with Crippen molar-refractivity contribution < 1.29 is 4.52 Å². The summed E-state index contributed by atoms with van der Waals surface area (Å²) < 4.78 is 5.92. The highest BCUT2D eigenvalue weighted by atomic mass is 32.1. The molecule has 0 bridgehead atoms. The number of thiophene rings is 1. The number of nitrogens with zero attached hydrogens (tertiary/aromatic N) is 6. The van der Waals surface area contributed by atoms with E-state index in [1.165, 1.54) is 16.2 Å². The zero-order chi connectivity index (χ0) is 24.7. The van der Waals surface area contributed by atoms with Gasteiger partial charge in [-0.1, -0.05) is 5.16 Å². The molecule has 3 aromatic heterocycles. The highest BCUT2D eigenvalue weighted by molar-refractivity contribution is 7.16. The maximum atomic E-state index is 9.77. The molecule has 8 nitrogen and oxygen atoms in total. The second kappa shape index (κ2) is 9.25. The molecule has 1 aliphatic carbocycles. The Morgan fingerprint density at radius 2 is 2.11 bits per heavy atom. The molecular weight excluding hydrogens is 458 g/mol. The van der Waals surface area contributed by atoms with Crippen molar-refractivity contribution in [2.45, 2.75) is 70.9 Å². The van der Waals surface area contributed by atoms with Crippen molar-refractivity contribution in [3.63, 3.8) is 0 Å². The summed E-state index contributed by atoms with van der Waals surface area (Å²) in [5.74, 6) is 1.48. The average molecular weight is 492 g/mol. The monoisotopic (exact) mass is 491 g/mol. The Hall–Kier alpha value is -2.96. The van der Waals surface area contributed by atoms with Crippen molar-refractivity contribution in [2.75, 3.05) is 30.3 Å². The summed E-state index contributed by atoms with van der Waals surface area (Å²) in [6.45, 7) is 11.9. The van der Waals surface area contributed by atoms with E-state index in [0.29, 0.717) is 28.3 Å². The van der Waals surface area contributed by atoms with Gasteiger partial charge in [-0.3, -0.25) is 4.90 Å². The van der Waals surface area contributed by atoms with Crippen LogP contribution in [0.2, 0.25) is 0 Å². The number of rotatable bonds is 4. The second-order valence-electron chi connectivity index (χ2n) is 10.2. The van der Waals surface area contributed by atoms with Crippen LogP contribution in [0.25, 0.3) is 11.4 Å². The Labute approximate surface area is 210 Å². The van der Waals surface area contributed by atoms with Crippen LogP contribution < -0.4 is 10.6 Å². The van der Waals surface area contributed by atoms with Gasteiger partial charge >= 0.3 is 0 Å². The molecule has 0 radical (unpaired) electrons. The molecular formula is C26H33N7OS. The van der Waals surface area contributed by atoms with E-state index in [4.69, 9.17) is 15.2 Å². The molecule has 3 aromatic rings. The molecule has 0 unspecified atom stereocenters. The first-order chi connectivity index (χ1) is 16.8. The Morgan fingerprint density at radius 3 is 2.89 bits per heavy atom. The molecule has 0 amide bonds. The Morgan fingerprint density at radius 1 is 1.29 bits per heavy atom. The number of hydrogen-bond acceptors (Lipinski definition) is 9. The Bertz CT molecular complexity index is 1260. The minimum absolute atomic E-state index is 0.316. The maximum absolute atomic E-state index is 9.77. The van der Waals surface area contributed by atoms with Crippen LogP contribution in [-0.2, 0) is 11.8 Å². The van der Waals surface area contributed by atoms with Crippen molar-refractivity contribution in [3.8, 4) is 17.5 Å². The molecule has 1 saturated heterocycles. The minimum atomic E-state index is -0.437. The van der Waals surface area contributed by atoms with Gasteiger partial charge in [0.15, 0.2) is 0 Å². The summed E-state index contributed by atoms with van der Waals surface area (Å²) in [4.78, 5) is 15.5. The fourth-order valence-electron chi connectivity index (χ4n) is 5.59. The van der Waals surface area contributed by atoms with E-state index in [0.717, 1.165) is 68.3 Å². The molecule has 9 heteroatoms. The van der Waals surface area contributed by atoms with E-state index in [-0.39, 0.29) is 0 Å². The van der Waals surface area contributed by atoms with Crippen molar-refractivity contribution in [2.24, 2.45) is 0 Å². The van der Waals surface area contributed by atoms with Crippen molar-refractivity contribution in [1.82, 2.24) is 20.0 Å². The fraction of sp³-hybridized carbons (Fsp3) is 0.538. The third-order valence-electron chi connectivity index (χ3n) is 7.57. The summed E-state index contributed by atoms with van der Waals surface area (Å²) >= 11 is 1.53. The lowest BCUT2D eigenvalue weighted by atomic mass is 9.71. The number of hydrogen-bond donors (Lipinski definition) is 1. The fourth-order valence-corrected chi connectivity index (χ4v) is 6.78. The lowest BCUT2D eigenvalue weighted by molar-refractivity contribution is 0.224. The van der Waals surface area contributed by atoms with Gasteiger partial charge in [-0.25, -0.2) is 9.97 Å². The standard InChI is InChI=1S/C26H33N7OS/c1-16(2)32-11-6-12-33(17(3)15-32)25-29-10-8-19(30-25)20-13-22(34-31-20)26(4)9-5-7-21-23(26)18(14-27)24(28)35-21/h8,10,13,16-17H,5-7,9,11-12,15,28H2,1-4H3/t17-,26+/m0/s1. The molecule has 35 heavy (non-hydrogen) atoms. The van der Waals surface area contributed by atoms with E-state index in [2.05, 4.69) is 53.7 Å². The third kappa shape index (κ3) is 4.19. The van der Waals surface area contributed by atoms with Gasteiger partial charge in [0.05, 0.1) is 16.7 Å². The van der Waals surface area contributed by atoms with Crippen LogP contribution in [0.1, 0.15) is 68.7 Å². The first-order valence-corrected chi connectivity index (χ1v) is 13.3. The summed E-state index contributed by atoms with van der Waals surface area (Å²) in [6, 6.07) is 7.02. The quantitative estimate of drug-likeness (QED) is 0.564. The van der Waals surface area contributed by atoms with E-state index in [1.54, 1.807) is 6.20 Å². The van der Waals surface area contributed by atoms with E-state index in [9.17, 15) is 5.26 Å². The van der Waals surface area contributed by atoms with Gasteiger partial charge in [0.2, 0.25) is 5.95 Å². The highest BCUT2D eigenvalue weighted by Crippen LogP contribution is 2.49. The van der Waals surface area contributed by atoms with Gasteiger partial charge in [0.25, 0.3) is 0 Å². The molecule has 2 atom stereocenters. The van der Waals surface area contributed by atoms with Gasteiger partial charge in [0, 0.05) is 48.9 Å². The van der Waals surface area contributed by atoms with Crippen LogP contribution >= 0.6 is 11.3 Å². The summed E-state index contributed by atoms with van der Waals surface area (Å²) in [7, 11) is 0. The number of nitriles is 1. The van der Waals surface area contributed by atoms with Crippen LogP contribution in [0.15, 0.2) is 22.9 Å². The molecule has 4 heterocycles. The van der Waals surface area contributed by atoms with Crippen LogP contribution in [0, 0.1) is 11.3 Å². The molecule has 184 valence electrons. The molecule has 0 aromatic carbocycles. The molecule has 1 aliphatic heterocycles. The zero-order valence-electron chi connectivity index (χ0n) is 20.9. The number of aromatic nitrogens is 3. The predicted molar refractivity (Wildman–Crippen MR) is 139 cm³/mol. The highest BCUT2D eigenvalue weighted by Gasteiger charge is 2.41. The molecule has 0 saturated carbocycles. The maximum Gasteiger partial charge on any atom is 0.226 e. The summed E-state index contributed by atoms with van der Waals surface area (Å²) in [6.07, 6.45) is 5.72. The molecule has 1 fully saturated rings. The molecule has 2 N–H and O–H groups in total. The van der Waals surface area contributed by atoms with Crippen LogP contribution in [0.4, 0.5) is 10.9 Å². The minimum Gasteiger partial charge on any atom is -0.389 e. The third-order valence-corrected chi connectivity index (χ3v) is 8.65. The van der Waals surface area contributed by atoms with Gasteiger partial charge in [-0.15, -0.1) is 11.3 Å². The predicted octanol–water partition coefficient (Wildman–Crippen LogP) is 4.60. The Kier molecular flexibility index (Phi) is 6.28. The van der Waals surface area contributed by atoms with Crippen LogP contribution in [0.5, 0.6) is 0 Å². The van der Waals surface area contributed by atoms with Gasteiger partial charge in [0.1, 0.15) is 22.5 Å². The lowest BCUT2D eigenvalue weighted by Crippen LogP contribution is -2.42. The zero-order valence-corrected chi connectivity index (χ0v) is 21.7. The summed E-state index contributed by atoms with van der Waals surface area (Å²) in [5.41, 5.74) is 8.77. The van der Waals surface area contributed by atoms with Crippen LogP contribution in [0.3, 0.4) is 0 Å². The smallest absolute Gasteiger partial charge is 0.226 e. The van der Waals surface area contributed by atoms with E-state index in [1.807, 2.05) is 12.1 Å². The summed E-state index contributed by atoms with van der Waals surface area (Å²) in [5, 5.41) is 14.8. The second-order valence-corrected chi connectivity index (χ2v) is 11.4. The average Bonchev–Trinajstić information content (AvgIpc) is 3.41. The van der Waals surface area contributed by atoms with Crippen molar-refractivity contribution in [1.29, 1.82) is 5.26 Å². The van der Waals surface area contributed by atoms with Crippen LogP contribution in [-0.4, -0.2) is 51.7 Å². The van der Waals surface area contributed by atoms with Gasteiger partial charge in [-0.05, 0) is 65.0 Å². The molecule has 5 rings (SSSR count). The number of anilines is 2. The van der Waals surface area contributed by atoms with Crippen molar-refractivity contribution >= 4 is 22.3 Å². The van der Waals surface area contributed by atoms with Gasteiger partial charge < -0.3 is 15.2 Å². The lowest BCUT2D eigenvalue weighted by Gasteiger charge is -2.31. The SMILES string of the molecule is CC(C)N1CCCN(c2nccc(-c3cc([C@@]4(C)CCCc5sc(N)c(C#N)c54)on3)n2)[C@@H](C)C1. The van der Waals surface area contributed by atoms with E-state index < -0.39 is 5.41 Å². The Balaban J connectivity index is 1.45. The molecule has 0 spiro atoms. The number of nitrogens with two attached hydrogens (primary N) is 1. The van der Waals surface area contributed by atoms with Crippen molar-refractivity contribution in [3.05, 3.63) is 40.1 Å². The topological polar surface area (TPSA) is 108 Å². The normalized spacial score (nSPS) is 23.2. The van der Waals surface area contributed by atoms with E-state index >= 15 is 0 Å². The van der Waals surface area contributed by atoms with Gasteiger partial charge in [-0.2, -0.15) is 5.26 Å². The number of aryl methyl sites for hydroxylation is 1. The number of fused-ring (bicyclic) bond motifs is 1. The first-order valence-electron chi connectivity index (χ1n) is 12.4. The molecule has 2 aliphatic rings. The largest absolute Gasteiger partial charge is 0.389 e. The first kappa shape index (κ1) is 23.8.